The summed E-state index contributed by atoms with van der Waals surface area (Å²) >= 11 is 3.45. The quantitative estimate of drug-likeness (QED) is 0.630. The Morgan fingerprint density at radius 3 is 2.46 bits per heavy atom. The highest BCUT2D eigenvalue weighted by Crippen LogP contribution is 2.38. The Morgan fingerprint density at radius 1 is 1.08 bits per heavy atom. The summed E-state index contributed by atoms with van der Waals surface area (Å²) < 4.78 is 12.3. The first-order valence-corrected chi connectivity index (χ1v) is 8.68. The second kappa shape index (κ2) is 7.98. The summed E-state index contributed by atoms with van der Waals surface area (Å²) in [6, 6.07) is 13.2. The zero-order chi connectivity index (χ0) is 16.9. The Kier molecular flexibility index (Phi) is 5.73. The van der Waals surface area contributed by atoms with Crippen LogP contribution in [0.5, 0.6) is 11.5 Å². The Labute approximate surface area is 149 Å². The molecule has 0 spiro atoms. The van der Waals surface area contributed by atoms with Crippen molar-refractivity contribution in [3.8, 4) is 11.5 Å². The summed E-state index contributed by atoms with van der Waals surface area (Å²) in [7, 11) is 0. The molecule has 3 rings (SSSR count). The average Bonchev–Trinajstić information content (AvgIpc) is 3.03. The van der Waals surface area contributed by atoms with Gasteiger partial charge in [-0.15, -0.1) is 0 Å². The molecular formula is C18H20BrNO4. The second-order valence-electron chi connectivity index (χ2n) is 5.56. The highest BCUT2D eigenvalue weighted by molar-refractivity contribution is 9.10. The Morgan fingerprint density at radius 2 is 1.79 bits per heavy atom. The maximum absolute atomic E-state index is 10.8. The molecule has 0 aliphatic carbocycles. The third-order valence-electron chi connectivity index (χ3n) is 3.88. The highest BCUT2D eigenvalue weighted by atomic mass is 79.9. The number of hydrogen-bond donors (Lipinski definition) is 3. The summed E-state index contributed by atoms with van der Waals surface area (Å²) in [6.45, 7) is 1.38. The second-order valence-corrected chi connectivity index (χ2v) is 6.48. The van der Waals surface area contributed by atoms with Crippen molar-refractivity contribution in [3.63, 3.8) is 0 Å². The largest absolute Gasteiger partial charge is 0.448 e. The molecule has 2 aromatic carbocycles. The van der Waals surface area contributed by atoms with Crippen molar-refractivity contribution in [1.82, 2.24) is 5.32 Å². The molecular weight excluding hydrogens is 374 g/mol. The van der Waals surface area contributed by atoms with E-state index in [1.54, 1.807) is 0 Å². The first kappa shape index (κ1) is 17.2. The molecule has 0 radical (unpaired) electrons. The molecule has 5 nitrogen and oxygen atoms in total. The number of nitrogens with one attached hydrogen (secondary N) is 1. The molecule has 0 fully saturated rings. The van der Waals surface area contributed by atoms with Gasteiger partial charge in [0.05, 0.1) is 6.61 Å². The van der Waals surface area contributed by atoms with E-state index < -0.39 is 12.4 Å². The molecule has 0 saturated heterocycles. The molecule has 1 unspecified atom stereocenters. The van der Waals surface area contributed by atoms with E-state index in [-0.39, 0.29) is 6.61 Å². The topological polar surface area (TPSA) is 71.0 Å². The van der Waals surface area contributed by atoms with Crippen LogP contribution in [0, 0.1) is 0 Å². The molecule has 1 aliphatic rings. The lowest BCUT2D eigenvalue weighted by atomic mass is 9.99. The lowest BCUT2D eigenvalue weighted by Crippen LogP contribution is -2.28. The van der Waals surface area contributed by atoms with Crippen LogP contribution in [0.15, 0.2) is 46.9 Å². The lowest BCUT2D eigenvalue weighted by molar-refractivity contribution is -0.0608. The van der Waals surface area contributed by atoms with Gasteiger partial charge in [0.25, 0.3) is 6.29 Å². The Hall–Kier alpha value is -1.60. The van der Waals surface area contributed by atoms with E-state index in [1.807, 2.05) is 42.5 Å². The minimum Gasteiger partial charge on any atom is -0.448 e. The number of ether oxygens (including phenoxy) is 2. The summed E-state index contributed by atoms with van der Waals surface area (Å²) in [5.74, 6) is 1.28. The summed E-state index contributed by atoms with van der Waals surface area (Å²) in [5, 5.41) is 22.7. The van der Waals surface area contributed by atoms with Crippen LogP contribution in [-0.2, 0) is 6.42 Å². The molecule has 6 heteroatoms. The molecule has 128 valence electrons. The molecule has 1 aliphatic heterocycles. The molecule has 24 heavy (non-hydrogen) atoms. The van der Waals surface area contributed by atoms with Crippen LogP contribution in [-0.4, -0.2) is 36.2 Å². The van der Waals surface area contributed by atoms with E-state index in [0.717, 1.165) is 22.0 Å². The third-order valence-corrected chi connectivity index (χ3v) is 4.37. The van der Waals surface area contributed by atoms with Crippen molar-refractivity contribution in [2.24, 2.45) is 0 Å². The van der Waals surface area contributed by atoms with Crippen LogP contribution in [0.3, 0.4) is 0 Å². The average molecular weight is 394 g/mol. The normalized spacial score (nSPS) is 14.8. The molecule has 0 bridgehead atoms. The molecule has 0 saturated carbocycles. The third kappa shape index (κ3) is 3.89. The minimum atomic E-state index is -0.900. The van der Waals surface area contributed by atoms with Crippen molar-refractivity contribution in [3.05, 3.63) is 58.1 Å². The molecule has 1 heterocycles. The van der Waals surface area contributed by atoms with Gasteiger partial charge in [0.2, 0.25) is 0 Å². The first-order chi connectivity index (χ1) is 11.7. The van der Waals surface area contributed by atoms with Crippen LogP contribution in [0.25, 0.3) is 0 Å². The molecule has 0 amide bonds. The van der Waals surface area contributed by atoms with Crippen LogP contribution in [0.1, 0.15) is 17.2 Å². The van der Waals surface area contributed by atoms with E-state index in [0.29, 0.717) is 24.6 Å². The van der Waals surface area contributed by atoms with Crippen LogP contribution in [0.4, 0.5) is 0 Å². The van der Waals surface area contributed by atoms with Gasteiger partial charge < -0.3 is 25.0 Å². The number of fused-ring (bicyclic) bond motifs is 1. The number of halogens is 1. The lowest BCUT2D eigenvalue weighted by Gasteiger charge is -2.21. The monoisotopic (exact) mass is 393 g/mol. The van der Waals surface area contributed by atoms with Gasteiger partial charge >= 0.3 is 0 Å². The van der Waals surface area contributed by atoms with Crippen molar-refractivity contribution in [2.45, 2.75) is 18.8 Å². The fourth-order valence-corrected chi connectivity index (χ4v) is 3.07. The smallest absolute Gasteiger partial charge is 0.271 e. The van der Waals surface area contributed by atoms with Gasteiger partial charge in [0.1, 0.15) is 0 Å². The van der Waals surface area contributed by atoms with E-state index in [4.69, 9.17) is 14.6 Å². The van der Waals surface area contributed by atoms with Crippen LogP contribution < -0.4 is 14.8 Å². The maximum Gasteiger partial charge on any atom is 0.271 e. The fourth-order valence-electron chi connectivity index (χ4n) is 2.69. The molecule has 2 aromatic rings. The van der Waals surface area contributed by atoms with Crippen molar-refractivity contribution in [2.75, 3.05) is 19.7 Å². The Bertz CT molecular complexity index is 669. The van der Waals surface area contributed by atoms with Crippen molar-refractivity contribution in [1.29, 1.82) is 0 Å². The molecule has 1 atom stereocenters. The minimum absolute atomic E-state index is 0.109. The van der Waals surface area contributed by atoms with E-state index in [2.05, 4.69) is 21.2 Å². The standard InChI is InChI=1S/C18H20BrNO4/c19-13-6-5-12(7-8-20-9-10-21)14(11-13)17(22)18-23-15-3-1-2-4-16(15)24-18/h1-6,11,17-18,20-22H,7-10H2. The predicted molar refractivity (Wildman–Crippen MR) is 94.2 cm³/mol. The van der Waals surface area contributed by atoms with Gasteiger partial charge in [0.15, 0.2) is 17.6 Å². The number of para-hydroxylation sites is 2. The first-order valence-electron chi connectivity index (χ1n) is 7.89. The number of benzene rings is 2. The highest BCUT2D eigenvalue weighted by Gasteiger charge is 2.32. The van der Waals surface area contributed by atoms with Gasteiger partial charge in [-0.25, -0.2) is 0 Å². The van der Waals surface area contributed by atoms with Crippen molar-refractivity contribution >= 4 is 15.9 Å². The zero-order valence-electron chi connectivity index (χ0n) is 13.1. The van der Waals surface area contributed by atoms with E-state index in [9.17, 15) is 5.11 Å². The molecule has 3 N–H and O–H groups in total. The fraction of sp³-hybridized carbons (Fsp3) is 0.333. The summed E-state index contributed by atoms with van der Waals surface area (Å²) in [4.78, 5) is 0. The predicted octanol–water partition coefficient (Wildman–Crippen LogP) is 2.40. The Balaban J connectivity index is 1.74. The maximum atomic E-state index is 10.8. The van der Waals surface area contributed by atoms with Gasteiger partial charge in [-0.2, -0.15) is 0 Å². The van der Waals surface area contributed by atoms with E-state index >= 15 is 0 Å². The SMILES string of the molecule is OCCNCCc1ccc(Br)cc1C(O)C1Oc2ccccc2O1. The van der Waals surface area contributed by atoms with Gasteiger partial charge in [-0.1, -0.05) is 34.1 Å². The molecule has 0 aromatic heterocycles. The van der Waals surface area contributed by atoms with Crippen LogP contribution >= 0.6 is 15.9 Å². The zero-order valence-corrected chi connectivity index (χ0v) is 14.7. The summed E-state index contributed by atoms with van der Waals surface area (Å²) in [6.07, 6.45) is -0.928. The van der Waals surface area contributed by atoms with Gasteiger partial charge in [0, 0.05) is 11.0 Å². The number of hydrogen-bond acceptors (Lipinski definition) is 5. The van der Waals surface area contributed by atoms with Crippen LogP contribution in [0.2, 0.25) is 0 Å². The van der Waals surface area contributed by atoms with Crippen molar-refractivity contribution < 1.29 is 19.7 Å². The summed E-state index contributed by atoms with van der Waals surface area (Å²) in [5.41, 5.74) is 1.78. The number of rotatable bonds is 7. The van der Waals surface area contributed by atoms with Gasteiger partial charge in [-0.05, 0) is 48.4 Å². The number of aliphatic hydroxyl groups is 2. The number of aliphatic hydroxyl groups excluding tert-OH is 2. The van der Waals surface area contributed by atoms with E-state index in [1.165, 1.54) is 0 Å². The van der Waals surface area contributed by atoms with Gasteiger partial charge in [-0.3, -0.25) is 0 Å².